The molecular formula is C67H108O6. The molecule has 412 valence electrons. The van der Waals surface area contributed by atoms with Crippen LogP contribution in [0, 0.1) is 0 Å². The van der Waals surface area contributed by atoms with E-state index in [1.54, 1.807) is 0 Å². The number of carbonyl (C=O) groups excluding carboxylic acids is 3. The van der Waals surface area contributed by atoms with Gasteiger partial charge in [0.05, 0.1) is 0 Å². The van der Waals surface area contributed by atoms with Crippen molar-refractivity contribution < 1.29 is 28.6 Å². The molecule has 0 aliphatic carbocycles. The summed E-state index contributed by atoms with van der Waals surface area (Å²) in [5.74, 6) is -0.983. The summed E-state index contributed by atoms with van der Waals surface area (Å²) in [6.45, 7) is 6.35. The number of ether oxygens (including phenoxy) is 3. The molecule has 73 heavy (non-hydrogen) atoms. The summed E-state index contributed by atoms with van der Waals surface area (Å²) < 4.78 is 16.8. The molecule has 6 heteroatoms. The molecule has 0 spiro atoms. The van der Waals surface area contributed by atoms with Crippen molar-refractivity contribution in [3.05, 3.63) is 134 Å². The Morgan fingerprint density at radius 2 is 0.548 bits per heavy atom. The van der Waals surface area contributed by atoms with Gasteiger partial charge in [-0.1, -0.05) is 257 Å². The first-order valence-electron chi connectivity index (χ1n) is 29.7. The summed E-state index contributed by atoms with van der Waals surface area (Å²) in [7, 11) is 0. The van der Waals surface area contributed by atoms with Crippen LogP contribution in [0.3, 0.4) is 0 Å². The second kappa shape index (κ2) is 60.1. The summed E-state index contributed by atoms with van der Waals surface area (Å²) in [4.78, 5) is 38.2. The summed E-state index contributed by atoms with van der Waals surface area (Å²) in [5.41, 5.74) is 0. The third kappa shape index (κ3) is 58.3. The smallest absolute Gasteiger partial charge is 0.306 e. The summed E-state index contributed by atoms with van der Waals surface area (Å²) >= 11 is 0. The van der Waals surface area contributed by atoms with Gasteiger partial charge in [0.2, 0.25) is 0 Å². The van der Waals surface area contributed by atoms with Crippen molar-refractivity contribution in [2.24, 2.45) is 0 Å². The number of hydrogen-bond donors (Lipinski definition) is 0. The largest absolute Gasteiger partial charge is 0.462 e. The molecule has 0 aromatic heterocycles. The molecule has 0 aliphatic rings. The van der Waals surface area contributed by atoms with E-state index >= 15 is 0 Å². The van der Waals surface area contributed by atoms with Crippen LogP contribution in [0.5, 0.6) is 0 Å². The maximum Gasteiger partial charge on any atom is 0.306 e. The minimum absolute atomic E-state index is 0.108. The average molecular weight is 1010 g/mol. The van der Waals surface area contributed by atoms with E-state index in [0.29, 0.717) is 19.3 Å². The van der Waals surface area contributed by atoms with Crippen LogP contribution in [0.4, 0.5) is 0 Å². The van der Waals surface area contributed by atoms with Crippen LogP contribution in [0.15, 0.2) is 134 Å². The van der Waals surface area contributed by atoms with Gasteiger partial charge in [0.1, 0.15) is 13.2 Å². The molecule has 0 saturated carbocycles. The molecule has 0 fully saturated rings. The topological polar surface area (TPSA) is 78.9 Å². The van der Waals surface area contributed by atoms with Crippen molar-refractivity contribution >= 4 is 17.9 Å². The first kappa shape index (κ1) is 68.6. The van der Waals surface area contributed by atoms with Gasteiger partial charge < -0.3 is 14.2 Å². The van der Waals surface area contributed by atoms with Crippen molar-refractivity contribution in [1.82, 2.24) is 0 Å². The van der Waals surface area contributed by atoms with Gasteiger partial charge in [-0.2, -0.15) is 0 Å². The monoisotopic (exact) mass is 1010 g/mol. The highest BCUT2D eigenvalue weighted by Crippen LogP contribution is 2.15. The predicted octanol–water partition coefficient (Wildman–Crippen LogP) is 20.2. The lowest BCUT2D eigenvalue weighted by molar-refractivity contribution is -0.167. The van der Waals surface area contributed by atoms with Gasteiger partial charge in [-0.3, -0.25) is 14.4 Å². The fraction of sp³-hybridized carbons (Fsp3) is 0.627. The Labute approximate surface area is 449 Å². The van der Waals surface area contributed by atoms with Crippen molar-refractivity contribution in [3.63, 3.8) is 0 Å². The van der Waals surface area contributed by atoms with Crippen molar-refractivity contribution in [3.8, 4) is 0 Å². The van der Waals surface area contributed by atoms with Gasteiger partial charge in [0.15, 0.2) is 6.10 Å². The third-order valence-electron chi connectivity index (χ3n) is 12.2. The lowest BCUT2D eigenvalue weighted by atomic mass is 10.0. The van der Waals surface area contributed by atoms with Gasteiger partial charge in [-0.15, -0.1) is 0 Å². The lowest BCUT2D eigenvalue weighted by Crippen LogP contribution is -2.30. The molecule has 0 amide bonds. The minimum Gasteiger partial charge on any atom is -0.462 e. The SMILES string of the molecule is CC/C=C\C/C=C\C/C=C\C/C=C\C/C=C\C/C=C\CCCCCCCCC(=O)OCC(COC(=O)CCCCCCCCCCCCCCC)OC(=O)CCC/C=C\C/C=C\C/C=C\C/C=C\C/C=C\CC. The van der Waals surface area contributed by atoms with Crippen LogP contribution < -0.4 is 0 Å². The van der Waals surface area contributed by atoms with Crippen LogP contribution in [0.1, 0.15) is 252 Å². The summed E-state index contributed by atoms with van der Waals surface area (Å²) in [5, 5.41) is 0. The second-order valence-electron chi connectivity index (χ2n) is 19.1. The number of rotatable bonds is 52. The molecule has 0 aromatic rings. The molecule has 0 saturated heterocycles. The molecule has 0 rings (SSSR count). The van der Waals surface area contributed by atoms with Gasteiger partial charge in [0, 0.05) is 19.3 Å². The Morgan fingerprint density at radius 3 is 0.877 bits per heavy atom. The van der Waals surface area contributed by atoms with E-state index in [4.69, 9.17) is 14.2 Å². The van der Waals surface area contributed by atoms with Crippen molar-refractivity contribution in [2.45, 2.75) is 258 Å². The summed E-state index contributed by atoms with van der Waals surface area (Å²) in [6.07, 6.45) is 84.5. The Morgan fingerprint density at radius 1 is 0.288 bits per heavy atom. The lowest BCUT2D eigenvalue weighted by Gasteiger charge is -2.18. The van der Waals surface area contributed by atoms with Crippen LogP contribution in [0.25, 0.3) is 0 Å². The number of esters is 3. The zero-order valence-electron chi connectivity index (χ0n) is 47.1. The molecule has 1 unspecified atom stereocenters. The highest BCUT2D eigenvalue weighted by atomic mass is 16.6. The van der Waals surface area contributed by atoms with E-state index in [-0.39, 0.29) is 37.5 Å². The van der Waals surface area contributed by atoms with Crippen LogP contribution in [0.2, 0.25) is 0 Å². The number of carbonyl (C=O) groups is 3. The molecule has 0 aliphatic heterocycles. The molecule has 0 heterocycles. The Kier molecular flexibility index (Phi) is 56.4. The normalized spacial score (nSPS) is 13.1. The second-order valence-corrected chi connectivity index (χ2v) is 19.1. The van der Waals surface area contributed by atoms with Gasteiger partial charge in [0.25, 0.3) is 0 Å². The predicted molar refractivity (Wildman–Crippen MR) is 316 cm³/mol. The first-order valence-corrected chi connectivity index (χ1v) is 29.7. The van der Waals surface area contributed by atoms with Gasteiger partial charge in [-0.05, 0) is 109 Å². The fourth-order valence-electron chi connectivity index (χ4n) is 7.78. The van der Waals surface area contributed by atoms with E-state index in [1.807, 2.05) is 0 Å². The molecular weight excluding hydrogens is 901 g/mol. The Bertz CT molecular complexity index is 1580. The van der Waals surface area contributed by atoms with Crippen molar-refractivity contribution in [2.75, 3.05) is 13.2 Å². The Balaban J connectivity index is 4.46. The Hall–Kier alpha value is -4.45. The van der Waals surface area contributed by atoms with Crippen molar-refractivity contribution in [1.29, 1.82) is 0 Å². The fourth-order valence-corrected chi connectivity index (χ4v) is 7.78. The van der Waals surface area contributed by atoms with E-state index in [2.05, 4.69) is 154 Å². The minimum atomic E-state index is -0.818. The zero-order chi connectivity index (χ0) is 52.9. The summed E-state index contributed by atoms with van der Waals surface area (Å²) in [6, 6.07) is 0. The highest BCUT2D eigenvalue weighted by molar-refractivity contribution is 5.71. The first-order chi connectivity index (χ1) is 36.0. The molecule has 0 radical (unpaired) electrons. The number of unbranched alkanes of at least 4 members (excludes halogenated alkanes) is 19. The van der Waals surface area contributed by atoms with Crippen LogP contribution in [-0.2, 0) is 28.6 Å². The molecule has 0 bridgehead atoms. The van der Waals surface area contributed by atoms with E-state index in [9.17, 15) is 14.4 Å². The quantitative estimate of drug-likeness (QED) is 0.0261. The maximum atomic E-state index is 12.8. The van der Waals surface area contributed by atoms with E-state index in [1.165, 1.54) is 77.0 Å². The highest BCUT2D eigenvalue weighted by Gasteiger charge is 2.19. The maximum absolute atomic E-state index is 12.8. The van der Waals surface area contributed by atoms with E-state index in [0.717, 1.165) is 128 Å². The molecule has 0 N–H and O–H groups in total. The van der Waals surface area contributed by atoms with Crippen LogP contribution in [-0.4, -0.2) is 37.2 Å². The number of allylic oxidation sites excluding steroid dienone is 22. The van der Waals surface area contributed by atoms with Gasteiger partial charge >= 0.3 is 17.9 Å². The third-order valence-corrected chi connectivity index (χ3v) is 12.2. The number of hydrogen-bond acceptors (Lipinski definition) is 6. The average Bonchev–Trinajstić information content (AvgIpc) is 3.39. The molecule has 0 aromatic carbocycles. The standard InChI is InChI=1S/C67H108O6/c1-4-7-10-13-16-19-22-25-27-29-30-31-32-33-34-35-36-38-39-42-45-48-51-54-57-60-66(69)72-63-64(62-71-65(68)59-56-53-50-47-44-41-24-21-18-15-12-9-6-3)73-67(70)61-58-55-52-49-46-43-40-37-28-26-23-20-17-14-11-8-5-2/h7-8,10-11,16-17,19-20,25-28,30-31,33-34,36,38,40,43,49,52,64H,4-6,9,12-15,18,21-24,29,32,35,37,39,41-42,44-48,50-51,53-63H2,1-3H3/b10-7-,11-8-,19-16-,20-17-,27-25-,28-26-,31-30-,34-33-,38-36-,43-40-,52-49-. The van der Waals surface area contributed by atoms with Crippen LogP contribution >= 0.6 is 0 Å². The van der Waals surface area contributed by atoms with Gasteiger partial charge in [-0.25, -0.2) is 0 Å². The zero-order valence-corrected chi connectivity index (χ0v) is 47.1. The molecule has 6 nitrogen and oxygen atoms in total. The van der Waals surface area contributed by atoms with E-state index < -0.39 is 6.10 Å². The molecule has 1 atom stereocenters.